The van der Waals surface area contributed by atoms with E-state index in [2.05, 4.69) is 9.71 Å². The lowest BCUT2D eigenvalue weighted by Gasteiger charge is -2.39. The summed E-state index contributed by atoms with van der Waals surface area (Å²) in [6.45, 7) is 11.2. The molecule has 1 amide bonds. The molecule has 2 fully saturated rings. The minimum atomic E-state index is -1.48. The number of hydrogen-bond donors (Lipinski definition) is 1. The number of nitrogens with zero attached hydrogens (tertiary/aromatic N) is 2. The molecule has 8 nitrogen and oxygen atoms in total. The molecule has 0 bridgehead atoms. The van der Waals surface area contributed by atoms with Crippen LogP contribution in [-0.4, -0.2) is 56.4 Å². The summed E-state index contributed by atoms with van der Waals surface area (Å²) >= 11 is -1.48. The number of carbonyl (C=O) groups is 2. The van der Waals surface area contributed by atoms with E-state index < -0.39 is 50.8 Å². The Bertz CT molecular complexity index is 1610. The molecule has 10 heteroatoms. The molecule has 2 aromatic carbocycles. The summed E-state index contributed by atoms with van der Waals surface area (Å²) in [6, 6.07) is 17.2. The number of rotatable bonds is 12. The lowest BCUT2D eigenvalue weighted by Crippen LogP contribution is -2.52. The minimum Gasteiger partial charge on any atom is -0.598 e. The summed E-state index contributed by atoms with van der Waals surface area (Å²) in [5, 5.41) is 0. The summed E-state index contributed by atoms with van der Waals surface area (Å²) in [5.41, 5.74) is -0.0356. The topological polar surface area (TPSA) is 104 Å². The predicted octanol–water partition coefficient (Wildman–Crippen LogP) is 7.37. The SMILES string of the molecule is CO[C@]1(c2ccccc2)C[C@H](C(=O)Cc2cc(C(CCC3CC3)(N[S@@+]([O-])C(C)(C)C)c3ccncc3)ccc2F)N(C(=O)OC(C)(C)C)C1. The van der Waals surface area contributed by atoms with Crippen molar-refractivity contribution in [3.63, 3.8) is 0 Å². The van der Waals surface area contributed by atoms with E-state index in [1.807, 2.05) is 63.2 Å². The quantitative estimate of drug-likeness (QED) is 0.198. The van der Waals surface area contributed by atoms with Crippen LogP contribution in [0.2, 0.25) is 0 Å². The van der Waals surface area contributed by atoms with Crippen LogP contribution in [0.3, 0.4) is 0 Å². The van der Waals surface area contributed by atoms with Gasteiger partial charge in [0.1, 0.15) is 27.3 Å². The summed E-state index contributed by atoms with van der Waals surface area (Å²) in [5.74, 6) is -0.266. The second-order valence-electron chi connectivity index (χ2n) is 15.4. The first-order valence-corrected chi connectivity index (χ1v) is 18.2. The number of halogens is 1. The van der Waals surface area contributed by atoms with Crippen LogP contribution < -0.4 is 4.72 Å². The zero-order valence-electron chi connectivity index (χ0n) is 29.8. The van der Waals surface area contributed by atoms with Gasteiger partial charge in [-0.3, -0.25) is 14.7 Å². The molecule has 1 N–H and O–H groups in total. The summed E-state index contributed by atoms with van der Waals surface area (Å²) < 4.78 is 44.3. The van der Waals surface area contributed by atoms with Gasteiger partial charge in [-0.2, -0.15) is 0 Å². The van der Waals surface area contributed by atoms with Gasteiger partial charge in [0.2, 0.25) is 0 Å². The highest BCUT2D eigenvalue weighted by molar-refractivity contribution is 7.90. The fourth-order valence-corrected chi connectivity index (χ4v) is 7.53. The van der Waals surface area contributed by atoms with Crippen molar-refractivity contribution in [3.8, 4) is 0 Å². The second kappa shape index (κ2) is 14.5. The molecule has 1 saturated carbocycles. The zero-order valence-corrected chi connectivity index (χ0v) is 30.6. The van der Waals surface area contributed by atoms with Crippen molar-refractivity contribution in [1.29, 1.82) is 0 Å². The van der Waals surface area contributed by atoms with Crippen molar-refractivity contribution in [1.82, 2.24) is 14.6 Å². The Labute approximate surface area is 293 Å². The Morgan fingerprint density at radius 3 is 2.29 bits per heavy atom. The highest BCUT2D eigenvalue weighted by atomic mass is 32.2. The van der Waals surface area contributed by atoms with Crippen molar-refractivity contribution in [2.45, 2.75) is 108 Å². The average molecular weight is 692 g/mol. The lowest BCUT2D eigenvalue weighted by molar-refractivity contribution is -0.123. The van der Waals surface area contributed by atoms with Gasteiger partial charge in [0.25, 0.3) is 0 Å². The van der Waals surface area contributed by atoms with Crippen molar-refractivity contribution < 1.29 is 28.0 Å². The van der Waals surface area contributed by atoms with Gasteiger partial charge in [0.05, 0.1) is 12.6 Å². The zero-order chi connectivity index (χ0) is 35.6. The van der Waals surface area contributed by atoms with Gasteiger partial charge in [-0.25, -0.2) is 9.18 Å². The van der Waals surface area contributed by atoms with Crippen molar-refractivity contribution in [3.05, 3.63) is 101 Å². The van der Waals surface area contributed by atoms with E-state index in [9.17, 15) is 14.1 Å². The monoisotopic (exact) mass is 691 g/mol. The van der Waals surface area contributed by atoms with Gasteiger partial charge in [-0.15, -0.1) is 4.72 Å². The molecule has 1 aromatic heterocycles. The maximum atomic E-state index is 15.8. The Kier molecular flexibility index (Phi) is 10.9. The fraction of sp³-hybridized carbons (Fsp3) is 0.513. The van der Waals surface area contributed by atoms with Crippen LogP contribution in [0.15, 0.2) is 73.1 Å². The third-order valence-corrected chi connectivity index (χ3v) is 11.2. The van der Waals surface area contributed by atoms with E-state index >= 15 is 4.39 Å². The number of Topliss-reactive ketones (excluding diaryl/α,β-unsaturated/α-hetero) is 1. The van der Waals surface area contributed by atoms with Gasteiger partial charge >= 0.3 is 6.09 Å². The molecular weight excluding hydrogens is 642 g/mol. The number of aromatic nitrogens is 1. The molecule has 264 valence electrons. The average Bonchev–Trinajstić information content (AvgIpc) is 3.80. The van der Waals surface area contributed by atoms with Crippen LogP contribution in [-0.2, 0) is 43.2 Å². The van der Waals surface area contributed by atoms with Crippen molar-refractivity contribution in [2.24, 2.45) is 5.92 Å². The maximum Gasteiger partial charge on any atom is 0.411 e. The third-order valence-electron chi connectivity index (χ3n) is 9.54. The van der Waals surface area contributed by atoms with Crippen LogP contribution in [0.25, 0.3) is 0 Å². The van der Waals surface area contributed by atoms with E-state index in [4.69, 9.17) is 9.47 Å². The van der Waals surface area contributed by atoms with Gasteiger partial charge in [0.15, 0.2) is 5.78 Å². The standard InChI is InChI=1S/C39H50FN3O5S/c1-36(2,3)48-35(45)43-26-38(47-7,29-11-9-8-10-12-29)25-33(43)34(44)24-28-23-31(15-16-32(28)40)39(20-17-27-13-14-27,30-18-21-41-22-19-30)42-49(46)37(4,5)6/h8-12,15-16,18-19,21-23,27,33,42H,13-14,17,20,24-26H2,1-7H3/t33-,38-,39?,49+/m1/s1. The largest absolute Gasteiger partial charge is 0.598 e. The molecular formula is C39H50FN3O5S. The van der Waals surface area contributed by atoms with E-state index in [1.54, 1.807) is 52.4 Å². The second-order valence-corrected chi connectivity index (χ2v) is 17.4. The molecule has 1 saturated heterocycles. The fourth-order valence-electron chi connectivity index (χ4n) is 6.57. The number of ether oxygens (including phenoxy) is 2. The molecule has 49 heavy (non-hydrogen) atoms. The van der Waals surface area contributed by atoms with Crippen molar-refractivity contribution >= 4 is 23.2 Å². The number of methoxy groups -OCH3 is 1. The Morgan fingerprint density at radius 1 is 1.02 bits per heavy atom. The Hall–Kier alpha value is -3.31. The van der Waals surface area contributed by atoms with E-state index in [0.29, 0.717) is 17.9 Å². The van der Waals surface area contributed by atoms with Crippen molar-refractivity contribution in [2.75, 3.05) is 13.7 Å². The van der Waals surface area contributed by atoms with Gasteiger partial charge < -0.3 is 14.0 Å². The van der Waals surface area contributed by atoms with E-state index in [-0.39, 0.29) is 30.7 Å². The molecule has 4 atom stereocenters. The maximum absolute atomic E-state index is 15.8. The highest BCUT2D eigenvalue weighted by Gasteiger charge is 2.51. The first-order chi connectivity index (χ1) is 23.1. The van der Waals surface area contributed by atoms with Crippen LogP contribution in [0, 0.1) is 11.7 Å². The highest BCUT2D eigenvalue weighted by Crippen LogP contribution is 2.43. The van der Waals surface area contributed by atoms with Gasteiger partial charge in [-0.05, 0) is 101 Å². The molecule has 3 aromatic rings. The number of benzene rings is 2. The van der Waals surface area contributed by atoms with Gasteiger partial charge in [-0.1, -0.05) is 55.3 Å². The number of carbonyl (C=O) groups excluding carboxylic acids is 2. The molecule has 0 spiro atoms. The van der Waals surface area contributed by atoms with Crippen LogP contribution in [0.1, 0.15) is 95.9 Å². The van der Waals surface area contributed by atoms with E-state index in [0.717, 1.165) is 30.4 Å². The van der Waals surface area contributed by atoms with Crippen LogP contribution in [0.5, 0.6) is 0 Å². The third kappa shape index (κ3) is 8.53. The first kappa shape index (κ1) is 37.0. The summed E-state index contributed by atoms with van der Waals surface area (Å²) in [6.07, 6.45) is 6.56. The normalized spacial score (nSPS) is 21.7. The number of nitrogens with one attached hydrogen (secondary N) is 1. The van der Waals surface area contributed by atoms with Crippen LogP contribution in [0.4, 0.5) is 9.18 Å². The predicted molar refractivity (Wildman–Crippen MR) is 190 cm³/mol. The number of hydrogen-bond acceptors (Lipinski definition) is 7. The summed E-state index contributed by atoms with van der Waals surface area (Å²) in [7, 11) is 1.57. The number of amides is 1. The number of ketones is 1. The molecule has 2 heterocycles. The molecule has 1 aliphatic heterocycles. The molecule has 1 aliphatic carbocycles. The van der Waals surface area contributed by atoms with E-state index in [1.165, 1.54) is 11.0 Å². The molecule has 0 radical (unpaired) electrons. The molecule has 2 aliphatic rings. The molecule has 5 rings (SSSR count). The smallest absolute Gasteiger partial charge is 0.411 e. The lowest BCUT2D eigenvalue weighted by atomic mass is 9.79. The van der Waals surface area contributed by atoms with Crippen LogP contribution >= 0.6 is 0 Å². The van der Waals surface area contributed by atoms with Gasteiger partial charge in [0, 0.05) is 43.7 Å². The summed E-state index contributed by atoms with van der Waals surface area (Å²) in [4.78, 5) is 33.5. The first-order valence-electron chi connectivity index (χ1n) is 17.1. The molecule has 1 unspecified atom stereocenters. The Balaban J connectivity index is 1.53. The number of pyridine rings is 1. The number of likely N-dealkylation sites (tertiary alicyclic amines) is 1. The minimum absolute atomic E-state index is 0.107. The Morgan fingerprint density at radius 2 is 1.69 bits per heavy atom.